The number of alkyl halides is 2. The van der Waals surface area contributed by atoms with E-state index in [1.54, 1.807) is 18.2 Å². The molecule has 2 rings (SSSR count). The number of halogens is 2. The molecule has 1 aromatic carbocycles. The molecule has 0 saturated carbocycles. The SMILES string of the molecule is O=C1CS/C(=N/N=C\c2ccccc2OC(F)F)N1. The highest BCUT2D eigenvalue weighted by Gasteiger charge is 2.16. The highest BCUT2D eigenvalue weighted by molar-refractivity contribution is 8.15. The zero-order chi connectivity index (χ0) is 13.7. The molecule has 0 atom stereocenters. The van der Waals surface area contributed by atoms with Crippen LogP contribution in [0, 0.1) is 0 Å². The quantitative estimate of drug-likeness (QED) is 0.678. The molecule has 0 aliphatic carbocycles. The Hall–Kier alpha value is -1.96. The van der Waals surface area contributed by atoms with Gasteiger partial charge in [0.2, 0.25) is 5.91 Å². The Labute approximate surface area is 111 Å². The summed E-state index contributed by atoms with van der Waals surface area (Å²) in [7, 11) is 0. The third kappa shape index (κ3) is 4.02. The van der Waals surface area contributed by atoms with Crippen molar-refractivity contribution in [3.8, 4) is 5.75 Å². The lowest BCUT2D eigenvalue weighted by Crippen LogP contribution is -2.19. The molecule has 0 unspecified atom stereocenters. The second-order valence-corrected chi connectivity index (χ2v) is 4.37. The predicted molar refractivity (Wildman–Crippen MR) is 68.7 cm³/mol. The topological polar surface area (TPSA) is 63.0 Å². The van der Waals surface area contributed by atoms with Crippen LogP contribution < -0.4 is 10.1 Å². The van der Waals surface area contributed by atoms with Gasteiger partial charge >= 0.3 is 6.61 Å². The van der Waals surface area contributed by atoms with Gasteiger partial charge in [-0.25, -0.2) is 0 Å². The normalized spacial score (nSPS) is 17.4. The van der Waals surface area contributed by atoms with Gasteiger partial charge < -0.3 is 10.1 Å². The second-order valence-electron chi connectivity index (χ2n) is 3.40. The van der Waals surface area contributed by atoms with Crippen molar-refractivity contribution in [2.24, 2.45) is 10.2 Å². The van der Waals surface area contributed by atoms with Crippen molar-refractivity contribution in [3.63, 3.8) is 0 Å². The first kappa shape index (κ1) is 13.5. The van der Waals surface area contributed by atoms with Crippen molar-refractivity contribution in [1.82, 2.24) is 5.32 Å². The molecular formula is C11H9F2N3O2S. The van der Waals surface area contributed by atoms with E-state index in [0.717, 1.165) is 0 Å². The molecule has 1 aliphatic heterocycles. The first-order chi connectivity index (χ1) is 9.15. The summed E-state index contributed by atoms with van der Waals surface area (Å²) in [6.07, 6.45) is 1.29. The maximum Gasteiger partial charge on any atom is 0.387 e. The van der Waals surface area contributed by atoms with E-state index in [4.69, 9.17) is 0 Å². The Morgan fingerprint density at radius 1 is 1.42 bits per heavy atom. The van der Waals surface area contributed by atoms with Crippen LogP contribution >= 0.6 is 11.8 Å². The lowest BCUT2D eigenvalue weighted by Gasteiger charge is -2.06. The van der Waals surface area contributed by atoms with Crippen LogP contribution in [0.25, 0.3) is 0 Å². The smallest absolute Gasteiger partial charge is 0.387 e. The number of carbonyl (C=O) groups excluding carboxylic acids is 1. The Morgan fingerprint density at radius 2 is 2.21 bits per heavy atom. The monoisotopic (exact) mass is 285 g/mol. The van der Waals surface area contributed by atoms with E-state index in [9.17, 15) is 13.6 Å². The van der Waals surface area contributed by atoms with Gasteiger partial charge in [0.1, 0.15) is 5.75 Å². The van der Waals surface area contributed by atoms with E-state index in [2.05, 4.69) is 20.3 Å². The first-order valence-electron chi connectivity index (χ1n) is 5.22. The average Bonchev–Trinajstić information content (AvgIpc) is 2.77. The van der Waals surface area contributed by atoms with Gasteiger partial charge in [-0.05, 0) is 12.1 Å². The number of ether oxygens (including phenoxy) is 1. The Kier molecular flexibility index (Phi) is 4.45. The summed E-state index contributed by atoms with van der Waals surface area (Å²) >= 11 is 1.22. The van der Waals surface area contributed by atoms with Crippen LogP contribution in [0.4, 0.5) is 8.78 Å². The molecular weight excluding hydrogens is 276 g/mol. The molecule has 1 N–H and O–H groups in total. The number of nitrogens with one attached hydrogen (secondary N) is 1. The summed E-state index contributed by atoms with van der Waals surface area (Å²) in [5.41, 5.74) is 0.376. The number of amides is 1. The third-order valence-corrected chi connectivity index (χ3v) is 2.93. The molecule has 1 heterocycles. The molecule has 1 amide bonds. The van der Waals surface area contributed by atoms with Crippen LogP contribution in [0.3, 0.4) is 0 Å². The number of hydrogen-bond acceptors (Lipinski definition) is 5. The number of benzene rings is 1. The van der Waals surface area contributed by atoms with Crippen LogP contribution in [0.15, 0.2) is 34.5 Å². The third-order valence-electron chi connectivity index (χ3n) is 2.07. The second kappa shape index (κ2) is 6.28. The highest BCUT2D eigenvalue weighted by Crippen LogP contribution is 2.18. The summed E-state index contributed by atoms with van der Waals surface area (Å²) in [5, 5.41) is 10.4. The Morgan fingerprint density at radius 3 is 2.89 bits per heavy atom. The summed E-state index contributed by atoms with van der Waals surface area (Å²) in [6, 6.07) is 6.22. The van der Waals surface area contributed by atoms with Gasteiger partial charge in [0, 0.05) is 5.56 Å². The van der Waals surface area contributed by atoms with Gasteiger partial charge in [-0.2, -0.15) is 13.9 Å². The summed E-state index contributed by atoms with van der Waals surface area (Å²) < 4.78 is 28.7. The maximum atomic E-state index is 12.2. The van der Waals surface area contributed by atoms with E-state index in [1.165, 1.54) is 24.0 Å². The number of nitrogens with zero attached hydrogens (tertiary/aromatic N) is 2. The van der Waals surface area contributed by atoms with Gasteiger partial charge in [-0.15, -0.1) is 5.10 Å². The number of thioether (sulfide) groups is 1. The van der Waals surface area contributed by atoms with Crippen molar-refractivity contribution in [2.45, 2.75) is 6.61 Å². The fourth-order valence-electron chi connectivity index (χ4n) is 1.31. The minimum atomic E-state index is -2.90. The van der Waals surface area contributed by atoms with E-state index in [0.29, 0.717) is 16.5 Å². The standard InChI is InChI=1S/C11H9F2N3O2S/c12-10(13)18-8-4-2-1-3-7(8)5-14-16-11-15-9(17)6-19-11/h1-5,10H,6H2,(H,15,16,17)/b14-5-. The zero-order valence-electron chi connectivity index (χ0n) is 9.55. The number of carbonyl (C=O) groups is 1. The minimum Gasteiger partial charge on any atom is -0.434 e. The zero-order valence-corrected chi connectivity index (χ0v) is 10.4. The van der Waals surface area contributed by atoms with Crippen LogP contribution in [0.1, 0.15) is 5.56 Å². The summed E-state index contributed by atoms with van der Waals surface area (Å²) in [6.45, 7) is -2.90. The molecule has 0 bridgehead atoms. The number of amidine groups is 1. The summed E-state index contributed by atoms with van der Waals surface area (Å²) in [4.78, 5) is 10.9. The molecule has 100 valence electrons. The average molecular weight is 285 g/mol. The Bertz CT molecular complexity index is 534. The molecule has 0 spiro atoms. The molecule has 19 heavy (non-hydrogen) atoms. The lowest BCUT2D eigenvalue weighted by atomic mass is 10.2. The lowest BCUT2D eigenvalue weighted by molar-refractivity contribution is -0.116. The van der Waals surface area contributed by atoms with Crippen molar-refractivity contribution in [2.75, 3.05) is 5.75 Å². The van der Waals surface area contributed by atoms with E-state index in [-0.39, 0.29) is 11.7 Å². The van der Waals surface area contributed by atoms with Gasteiger partial charge in [0.25, 0.3) is 0 Å². The van der Waals surface area contributed by atoms with Gasteiger partial charge in [-0.1, -0.05) is 23.9 Å². The highest BCUT2D eigenvalue weighted by atomic mass is 32.2. The van der Waals surface area contributed by atoms with Gasteiger partial charge in [0.05, 0.1) is 12.0 Å². The number of hydrogen-bond donors (Lipinski definition) is 1. The molecule has 1 aliphatic rings. The molecule has 5 nitrogen and oxygen atoms in total. The molecule has 1 aromatic rings. The van der Waals surface area contributed by atoms with Crippen LogP contribution in [-0.4, -0.2) is 29.7 Å². The fraction of sp³-hybridized carbons (Fsp3) is 0.182. The van der Waals surface area contributed by atoms with Gasteiger partial charge in [-0.3, -0.25) is 4.79 Å². The van der Waals surface area contributed by atoms with E-state index in [1.807, 2.05) is 0 Å². The van der Waals surface area contributed by atoms with E-state index >= 15 is 0 Å². The largest absolute Gasteiger partial charge is 0.434 e. The summed E-state index contributed by atoms with van der Waals surface area (Å²) in [5.74, 6) is 0.185. The molecule has 1 saturated heterocycles. The predicted octanol–water partition coefficient (Wildman–Crippen LogP) is 1.84. The first-order valence-corrected chi connectivity index (χ1v) is 6.21. The fourth-order valence-corrected chi connectivity index (χ4v) is 1.94. The van der Waals surface area contributed by atoms with Crippen molar-refractivity contribution < 1.29 is 18.3 Å². The molecule has 8 heteroatoms. The van der Waals surface area contributed by atoms with Crippen LogP contribution in [0.2, 0.25) is 0 Å². The molecule has 0 aromatic heterocycles. The van der Waals surface area contributed by atoms with Gasteiger partial charge in [0.15, 0.2) is 5.17 Å². The molecule has 1 fully saturated rings. The van der Waals surface area contributed by atoms with Crippen molar-refractivity contribution in [1.29, 1.82) is 0 Å². The van der Waals surface area contributed by atoms with E-state index < -0.39 is 6.61 Å². The number of para-hydroxylation sites is 1. The van der Waals surface area contributed by atoms with Crippen molar-refractivity contribution in [3.05, 3.63) is 29.8 Å². The maximum absolute atomic E-state index is 12.2. The number of rotatable bonds is 4. The minimum absolute atomic E-state index is 0.0181. The van der Waals surface area contributed by atoms with Crippen molar-refractivity contribution >= 4 is 29.1 Å². The van der Waals surface area contributed by atoms with Crippen LogP contribution in [0.5, 0.6) is 5.75 Å². The molecule has 0 radical (unpaired) electrons. The van der Waals surface area contributed by atoms with Crippen LogP contribution in [-0.2, 0) is 4.79 Å². The Balaban J connectivity index is 2.08.